The van der Waals surface area contributed by atoms with Gasteiger partial charge in [0.05, 0.1) is 24.5 Å². The van der Waals surface area contributed by atoms with Crippen molar-refractivity contribution in [1.82, 2.24) is 9.78 Å². The lowest BCUT2D eigenvalue weighted by Gasteiger charge is -2.15. The van der Waals surface area contributed by atoms with Gasteiger partial charge in [-0.1, -0.05) is 25.1 Å². The Balaban J connectivity index is 2.23. The summed E-state index contributed by atoms with van der Waals surface area (Å²) >= 11 is 0. The molecule has 20 heavy (non-hydrogen) atoms. The van der Waals surface area contributed by atoms with Crippen LogP contribution in [0, 0.1) is 0 Å². The first kappa shape index (κ1) is 14.6. The Bertz CT molecular complexity index is 563. The number of ether oxygens (including phenoxy) is 1. The number of benzene rings is 1. The number of aromatic nitrogens is 2. The van der Waals surface area contributed by atoms with E-state index in [0.29, 0.717) is 0 Å². The number of hydrogen-bond donors (Lipinski definition) is 1. The number of methoxy groups -OCH3 is 1. The van der Waals surface area contributed by atoms with Gasteiger partial charge < -0.3 is 10.5 Å². The van der Waals surface area contributed by atoms with Crippen molar-refractivity contribution in [3.8, 4) is 5.75 Å². The topological polar surface area (TPSA) is 53.1 Å². The zero-order valence-electron chi connectivity index (χ0n) is 12.5. The normalized spacial score (nSPS) is 12.4. The third-order valence-electron chi connectivity index (χ3n) is 3.54. The average molecular weight is 273 g/mol. The molecule has 0 radical (unpaired) electrons. The molecule has 4 nitrogen and oxygen atoms in total. The molecule has 0 bridgehead atoms. The van der Waals surface area contributed by atoms with Gasteiger partial charge in [0.2, 0.25) is 0 Å². The predicted octanol–water partition coefficient (Wildman–Crippen LogP) is 2.72. The minimum atomic E-state index is -0.0703. The minimum Gasteiger partial charge on any atom is -0.496 e. The van der Waals surface area contributed by atoms with Crippen molar-refractivity contribution < 1.29 is 4.74 Å². The first-order valence-electron chi connectivity index (χ1n) is 7.13. The van der Waals surface area contributed by atoms with Crippen molar-refractivity contribution in [2.75, 3.05) is 7.11 Å². The molecule has 2 aromatic rings. The fraction of sp³-hybridized carbons (Fsp3) is 0.438. The van der Waals surface area contributed by atoms with Gasteiger partial charge in [0.25, 0.3) is 0 Å². The summed E-state index contributed by atoms with van der Waals surface area (Å²) in [5.74, 6) is 0.890. The minimum absolute atomic E-state index is 0.0703. The van der Waals surface area contributed by atoms with E-state index in [4.69, 9.17) is 10.5 Å². The maximum atomic E-state index is 6.38. The quantitative estimate of drug-likeness (QED) is 0.880. The number of rotatable bonds is 6. The molecule has 2 rings (SSSR count). The average Bonchev–Trinajstić information content (AvgIpc) is 2.91. The van der Waals surface area contributed by atoms with Crippen molar-refractivity contribution in [1.29, 1.82) is 0 Å². The molecule has 0 aliphatic rings. The molecule has 108 valence electrons. The van der Waals surface area contributed by atoms with E-state index in [1.807, 2.05) is 22.9 Å². The van der Waals surface area contributed by atoms with Crippen molar-refractivity contribution in [3.05, 3.63) is 47.3 Å². The molecule has 0 amide bonds. The molecule has 4 heteroatoms. The van der Waals surface area contributed by atoms with Crippen LogP contribution >= 0.6 is 0 Å². The molecule has 0 spiro atoms. The van der Waals surface area contributed by atoms with E-state index in [9.17, 15) is 0 Å². The monoisotopic (exact) mass is 273 g/mol. The van der Waals surface area contributed by atoms with E-state index in [1.54, 1.807) is 7.11 Å². The van der Waals surface area contributed by atoms with Crippen LogP contribution in [0.2, 0.25) is 0 Å². The largest absolute Gasteiger partial charge is 0.496 e. The molecular formula is C16H23N3O. The van der Waals surface area contributed by atoms with E-state index in [1.165, 1.54) is 0 Å². The molecule has 1 heterocycles. The summed E-state index contributed by atoms with van der Waals surface area (Å²) in [7, 11) is 1.69. The highest BCUT2D eigenvalue weighted by Gasteiger charge is 2.15. The highest BCUT2D eigenvalue weighted by Crippen LogP contribution is 2.24. The smallest absolute Gasteiger partial charge is 0.122 e. The third kappa shape index (κ3) is 3.02. The zero-order chi connectivity index (χ0) is 14.5. The summed E-state index contributed by atoms with van der Waals surface area (Å²) in [5.41, 5.74) is 9.70. The van der Waals surface area contributed by atoms with E-state index >= 15 is 0 Å². The molecule has 0 aliphatic heterocycles. The molecule has 2 N–H and O–H groups in total. The summed E-state index contributed by atoms with van der Waals surface area (Å²) in [4.78, 5) is 0. The SMILES string of the molecule is CCc1cc(C(N)Cc2ccccc2OC)n(CC)n1. The fourth-order valence-corrected chi connectivity index (χ4v) is 2.42. The van der Waals surface area contributed by atoms with Crippen molar-refractivity contribution >= 4 is 0 Å². The standard InChI is InChI=1S/C16H23N3O/c1-4-13-11-15(19(5-2)18-13)14(17)10-12-8-6-7-9-16(12)20-3/h6-9,11,14H,4-5,10,17H2,1-3H3. The first-order valence-corrected chi connectivity index (χ1v) is 7.13. The van der Waals surface area contributed by atoms with Crippen LogP contribution in [0.4, 0.5) is 0 Å². The van der Waals surface area contributed by atoms with E-state index in [0.717, 1.165) is 42.1 Å². The van der Waals surface area contributed by atoms with Crippen LogP contribution in [-0.4, -0.2) is 16.9 Å². The Hall–Kier alpha value is -1.81. The molecule has 0 aliphatic carbocycles. The second-order valence-electron chi connectivity index (χ2n) is 4.85. The van der Waals surface area contributed by atoms with Crippen LogP contribution in [0.25, 0.3) is 0 Å². The van der Waals surface area contributed by atoms with Gasteiger partial charge in [-0.25, -0.2) is 0 Å². The summed E-state index contributed by atoms with van der Waals surface area (Å²) in [6.45, 7) is 5.04. The number of nitrogens with two attached hydrogens (primary N) is 1. The van der Waals surface area contributed by atoms with Crippen LogP contribution in [-0.2, 0) is 19.4 Å². The van der Waals surface area contributed by atoms with Crippen LogP contribution in [0.5, 0.6) is 5.75 Å². The number of aryl methyl sites for hydroxylation is 2. The van der Waals surface area contributed by atoms with E-state index < -0.39 is 0 Å². The van der Waals surface area contributed by atoms with Gasteiger partial charge >= 0.3 is 0 Å². The zero-order valence-corrected chi connectivity index (χ0v) is 12.5. The fourth-order valence-electron chi connectivity index (χ4n) is 2.42. The Morgan fingerprint density at radius 1 is 1.30 bits per heavy atom. The van der Waals surface area contributed by atoms with Gasteiger partial charge in [0.15, 0.2) is 0 Å². The van der Waals surface area contributed by atoms with Gasteiger partial charge in [0, 0.05) is 6.54 Å². The van der Waals surface area contributed by atoms with Gasteiger partial charge in [-0.15, -0.1) is 0 Å². The second-order valence-corrected chi connectivity index (χ2v) is 4.85. The Kier molecular flexibility index (Phi) is 4.79. The lowest BCUT2D eigenvalue weighted by Crippen LogP contribution is -2.18. The molecule has 0 saturated carbocycles. The number of hydrogen-bond acceptors (Lipinski definition) is 3. The molecular weight excluding hydrogens is 250 g/mol. The molecule has 1 unspecified atom stereocenters. The maximum absolute atomic E-state index is 6.38. The maximum Gasteiger partial charge on any atom is 0.122 e. The van der Waals surface area contributed by atoms with Crippen LogP contribution in [0.1, 0.15) is 36.8 Å². The van der Waals surface area contributed by atoms with Crippen LogP contribution in [0.15, 0.2) is 30.3 Å². The van der Waals surface area contributed by atoms with Crippen LogP contribution < -0.4 is 10.5 Å². The summed E-state index contributed by atoms with van der Waals surface area (Å²) in [5, 5.41) is 4.56. The summed E-state index contributed by atoms with van der Waals surface area (Å²) < 4.78 is 7.39. The van der Waals surface area contributed by atoms with E-state index in [2.05, 4.69) is 31.1 Å². The predicted molar refractivity (Wildman–Crippen MR) is 80.9 cm³/mol. The summed E-state index contributed by atoms with van der Waals surface area (Å²) in [6, 6.07) is 10.1. The highest BCUT2D eigenvalue weighted by atomic mass is 16.5. The second kappa shape index (κ2) is 6.57. The van der Waals surface area contributed by atoms with Gasteiger partial charge in [-0.05, 0) is 37.5 Å². The lowest BCUT2D eigenvalue weighted by molar-refractivity contribution is 0.407. The van der Waals surface area contributed by atoms with Crippen LogP contribution in [0.3, 0.4) is 0 Å². The Morgan fingerprint density at radius 3 is 2.70 bits per heavy atom. The number of para-hydroxylation sites is 1. The Morgan fingerprint density at radius 2 is 2.05 bits per heavy atom. The lowest BCUT2D eigenvalue weighted by atomic mass is 10.0. The first-order chi connectivity index (χ1) is 9.69. The number of nitrogens with zero attached hydrogens (tertiary/aromatic N) is 2. The van der Waals surface area contributed by atoms with E-state index in [-0.39, 0.29) is 6.04 Å². The van der Waals surface area contributed by atoms with Gasteiger partial charge in [-0.2, -0.15) is 5.10 Å². The van der Waals surface area contributed by atoms with Crippen molar-refractivity contribution in [2.45, 2.75) is 39.3 Å². The Labute approximate surface area is 120 Å². The highest BCUT2D eigenvalue weighted by molar-refractivity contribution is 5.34. The summed E-state index contributed by atoms with van der Waals surface area (Å²) in [6.07, 6.45) is 1.68. The molecule has 0 saturated heterocycles. The molecule has 0 fully saturated rings. The van der Waals surface area contributed by atoms with Crippen molar-refractivity contribution in [2.24, 2.45) is 5.73 Å². The van der Waals surface area contributed by atoms with Crippen molar-refractivity contribution in [3.63, 3.8) is 0 Å². The molecule has 1 aromatic carbocycles. The van der Waals surface area contributed by atoms with Gasteiger partial charge in [-0.3, -0.25) is 4.68 Å². The molecule has 1 atom stereocenters. The molecule has 1 aromatic heterocycles. The third-order valence-corrected chi connectivity index (χ3v) is 3.54. The van der Waals surface area contributed by atoms with Gasteiger partial charge in [0.1, 0.15) is 5.75 Å².